The average molecular weight is 269 g/mol. The van der Waals surface area contributed by atoms with Crippen molar-refractivity contribution < 1.29 is 9.59 Å². The van der Waals surface area contributed by atoms with Gasteiger partial charge in [0.2, 0.25) is 5.96 Å². The van der Waals surface area contributed by atoms with Gasteiger partial charge in [0.15, 0.2) is 0 Å². The van der Waals surface area contributed by atoms with Gasteiger partial charge in [-0.3, -0.25) is 20.2 Å². The number of nitrogens with one attached hydrogen (secondary N) is 2. The first-order chi connectivity index (χ1) is 9.74. The number of hydrogen-bond acceptors (Lipinski definition) is 4. The number of aliphatic imine (C=N–C) groups is 1. The van der Waals surface area contributed by atoms with Gasteiger partial charge in [-0.15, -0.1) is 0 Å². The molecule has 0 spiro atoms. The average Bonchev–Trinajstić information content (AvgIpc) is 3.08. The van der Waals surface area contributed by atoms with Gasteiger partial charge in [-0.25, -0.2) is 9.67 Å². The standard InChI is InChI=1S/C13H11N5O2/c19-11-12(20)17-13(16-11)14-8-9-4-1-2-5-10(9)18-7-3-6-15-18/h1-7H,8H2,(H2,14,16,17,19,20). The summed E-state index contributed by atoms with van der Waals surface area (Å²) < 4.78 is 1.74. The Balaban J connectivity index is 1.84. The third-order valence-electron chi connectivity index (χ3n) is 2.82. The molecule has 7 nitrogen and oxygen atoms in total. The summed E-state index contributed by atoms with van der Waals surface area (Å²) in [5.74, 6) is -1.21. The lowest BCUT2D eigenvalue weighted by Crippen LogP contribution is -2.25. The molecule has 1 aliphatic rings. The number of nitrogens with zero attached hydrogens (tertiary/aromatic N) is 3. The molecule has 20 heavy (non-hydrogen) atoms. The fourth-order valence-electron chi connectivity index (χ4n) is 1.88. The predicted molar refractivity (Wildman–Crippen MR) is 71.0 cm³/mol. The zero-order valence-corrected chi connectivity index (χ0v) is 10.4. The maximum Gasteiger partial charge on any atom is 0.316 e. The second kappa shape index (κ2) is 4.96. The van der Waals surface area contributed by atoms with Crippen molar-refractivity contribution in [2.24, 2.45) is 4.99 Å². The summed E-state index contributed by atoms with van der Waals surface area (Å²) in [5, 5.41) is 8.89. The van der Waals surface area contributed by atoms with E-state index < -0.39 is 11.8 Å². The zero-order valence-electron chi connectivity index (χ0n) is 10.4. The summed E-state index contributed by atoms with van der Waals surface area (Å²) in [6.07, 6.45) is 3.53. The first-order valence-electron chi connectivity index (χ1n) is 5.99. The molecule has 1 fully saturated rings. The van der Waals surface area contributed by atoms with Gasteiger partial charge in [-0.05, 0) is 17.7 Å². The summed E-state index contributed by atoms with van der Waals surface area (Å²) in [6, 6.07) is 9.48. The first-order valence-corrected chi connectivity index (χ1v) is 5.99. The molecule has 1 aromatic heterocycles. The highest BCUT2D eigenvalue weighted by molar-refractivity contribution is 6.45. The topological polar surface area (TPSA) is 88.4 Å². The molecule has 2 amide bonds. The van der Waals surface area contributed by atoms with Crippen molar-refractivity contribution in [3.63, 3.8) is 0 Å². The van der Waals surface area contributed by atoms with Crippen molar-refractivity contribution in [2.75, 3.05) is 0 Å². The number of carbonyl (C=O) groups is 2. The number of aromatic nitrogens is 2. The molecule has 0 saturated carbocycles. The monoisotopic (exact) mass is 269 g/mol. The highest BCUT2D eigenvalue weighted by Gasteiger charge is 2.24. The minimum atomic E-state index is -0.691. The number of para-hydroxylation sites is 1. The Morgan fingerprint density at radius 3 is 2.55 bits per heavy atom. The highest BCUT2D eigenvalue weighted by Crippen LogP contribution is 2.14. The Morgan fingerprint density at radius 1 is 1.10 bits per heavy atom. The van der Waals surface area contributed by atoms with Gasteiger partial charge < -0.3 is 0 Å². The predicted octanol–water partition coefficient (Wildman–Crippen LogP) is -0.0257. The van der Waals surface area contributed by atoms with Crippen molar-refractivity contribution in [1.29, 1.82) is 0 Å². The van der Waals surface area contributed by atoms with E-state index in [9.17, 15) is 9.59 Å². The van der Waals surface area contributed by atoms with Crippen molar-refractivity contribution in [2.45, 2.75) is 6.54 Å². The van der Waals surface area contributed by atoms with Gasteiger partial charge in [0.25, 0.3) is 0 Å². The molecule has 2 aromatic rings. The van der Waals surface area contributed by atoms with Crippen molar-refractivity contribution in [1.82, 2.24) is 20.4 Å². The van der Waals surface area contributed by atoms with Gasteiger partial charge >= 0.3 is 11.8 Å². The van der Waals surface area contributed by atoms with Crippen LogP contribution in [0.25, 0.3) is 5.69 Å². The Hall–Kier alpha value is -2.96. The van der Waals surface area contributed by atoms with E-state index in [1.165, 1.54) is 0 Å². The van der Waals surface area contributed by atoms with Crippen molar-refractivity contribution >= 4 is 17.8 Å². The molecule has 2 heterocycles. The van der Waals surface area contributed by atoms with Gasteiger partial charge in [-0.2, -0.15) is 5.10 Å². The lowest BCUT2D eigenvalue weighted by molar-refractivity contribution is -0.135. The van der Waals surface area contributed by atoms with Gasteiger partial charge in [0.05, 0.1) is 12.2 Å². The number of rotatable bonds is 3. The second-order valence-corrected chi connectivity index (χ2v) is 4.15. The Bertz CT molecular complexity index is 673. The quantitative estimate of drug-likeness (QED) is 0.767. The molecule has 1 aromatic carbocycles. The Labute approximate surface area is 114 Å². The lowest BCUT2D eigenvalue weighted by atomic mass is 10.2. The van der Waals surface area contributed by atoms with Crippen LogP contribution in [0.1, 0.15) is 5.56 Å². The minimum Gasteiger partial charge on any atom is -0.288 e. The van der Waals surface area contributed by atoms with Crippen molar-refractivity contribution in [3.8, 4) is 5.69 Å². The fraction of sp³-hybridized carbons (Fsp3) is 0.0769. The molecule has 0 atom stereocenters. The number of amides is 2. The number of carbonyl (C=O) groups excluding carboxylic acids is 2. The van der Waals surface area contributed by atoms with Crippen LogP contribution in [0.3, 0.4) is 0 Å². The number of benzene rings is 1. The summed E-state index contributed by atoms with van der Waals surface area (Å²) in [6.45, 7) is 0.325. The third-order valence-corrected chi connectivity index (χ3v) is 2.82. The fourth-order valence-corrected chi connectivity index (χ4v) is 1.88. The number of hydrogen-bond donors (Lipinski definition) is 2. The Kier molecular flexibility index (Phi) is 3.00. The molecule has 100 valence electrons. The molecule has 0 bridgehead atoms. The van der Waals surface area contributed by atoms with Gasteiger partial charge in [0.1, 0.15) is 0 Å². The van der Waals surface area contributed by atoms with Crippen molar-refractivity contribution in [3.05, 3.63) is 48.3 Å². The molecular weight excluding hydrogens is 258 g/mol. The maximum atomic E-state index is 11.0. The SMILES string of the molecule is O=C1NC(=NCc2ccccc2-n2cccn2)NC1=O. The van der Waals surface area contributed by atoms with Crippen LogP contribution in [0, 0.1) is 0 Å². The molecule has 0 unspecified atom stereocenters. The second-order valence-electron chi connectivity index (χ2n) is 4.15. The minimum absolute atomic E-state index is 0.176. The maximum absolute atomic E-state index is 11.0. The Morgan fingerprint density at radius 2 is 1.85 bits per heavy atom. The number of guanidine groups is 1. The summed E-state index contributed by atoms with van der Waals surface area (Å²) >= 11 is 0. The van der Waals surface area contributed by atoms with E-state index >= 15 is 0 Å². The molecule has 7 heteroatoms. The van der Waals surface area contributed by atoms with Crippen LogP contribution < -0.4 is 10.6 Å². The van der Waals surface area contributed by atoms with Gasteiger partial charge in [-0.1, -0.05) is 18.2 Å². The van der Waals surface area contributed by atoms with Crippen LogP contribution in [0.15, 0.2) is 47.7 Å². The molecule has 0 radical (unpaired) electrons. The summed E-state index contributed by atoms with van der Waals surface area (Å²) in [7, 11) is 0. The van der Waals surface area contributed by atoms with E-state index in [0.717, 1.165) is 11.3 Å². The third kappa shape index (κ3) is 2.28. The largest absolute Gasteiger partial charge is 0.316 e. The van der Waals surface area contributed by atoms with E-state index in [0.29, 0.717) is 6.54 Å². The van der Waals surface area contributed by atoms with E-state index in [1.54, 1.807) is 10.9 Å². The molecule has 3 rings (SSSR count). The summed E-state index contributed by atoms with van der Waals surface area (Å²) in [4.78, 5) is 26.2. The smallest absolute Gasteiger partial charge is 0.288 e. The molecule has 1 aliphatic heterocycles. The van der Waals surface area contributed by atoms with Crippen LogP contribution in [0.4, 0.5) is 0 Å². The van der Waals surface area contributed by atoms with Gasteiger partial charge in [0, 0.05) is 12.4 Å². The van der Waals surface area contributed by atoms with E-state index in [1.807, 2.05) is 36.5 Å². The van der Waals surface area contributed by atoms with E-state index in [-0.39, 0.29) is 5.96 Å². The lowest BCUT2D eigenvalue weighted by Gasteiger charge is -2.07. The zero-order chi connectivity index (χ0) is 13.9. The molecular formula is C13H11N5O2. The first kappa shape index (κ1) is 12.1. The van der Waals surface area contributed by atoms with E-state index in [4.69, 9.17) is 0 Å². The molecule has 2 N–H and O–H groups in total. The molecule has 0 aliphatic carbocycles. The van der Waals surface area contributed by atoms with Crippen LogP contribution in [0.2, 0.25) is 0 Å². The van der Waals surface area contributed by atoms with Crippen LogP contribution >= 0.6 is 0 Å². The normalized spacial score (nSPS) is 14.1. The highest BCUT2D eigenvalue weighted by atomic mass is 16.2. The summed E-state index contributed by atoms with van der Waals surface area (Å²) in [5.41, 5.74) is 1.83. The van der Waals surface area contributed by atoms with Crippen LogP contribution in [-0.2, 0) is 16.1 Å². The molecule has 1 saturated heterocycles. The van der Waals surface area contributed by atoms with E-state index in [2.05, 4.69) is 20.7 Å². The van der Waals surface area contributed by atoms with Crippen LogP contribution in [-0.4, -0.2) is 27.6 Å². The van der Waals surface area contributed by atoms with Crippen LogP contribution in [0.5, 0.6) is 0 Å².